The first kappa shape index (κ1) is 16.3. The van der Waals surface area contributed by atoms with Crippen LogP contribution in [0.15, 0.2) is 0 Å². The van der Waals surface area contributed by atoms with Crippen LogP contribution in [0.3, 0.4) is 0 Å². The number of carbonyl (C=O) groups excluding carboxylic acids is 2. The van der Waals surface area contributed by atoms with E-state index in [1.165, 1.54) is 6.92 Å². The molecule has 4 aliphatic rings. The summed E-state index contributed by atoms with van der Waals surface area (Å²) < 4.78 is 10.1. The van der Waals surface area contributed by atoms with Gasteiger partial charge in [0.05, 0.1) is 6.10 Å². The summed E-state index contributed by atoms with van der Waals surface area (Å²) in [6.07, 6.45) is -3.88. The third-order valence-corrected chi connectivity index (χ3v) is 7.61. The summed E-state index contributed by atoms with van der Waals surface area (Å²) in [4.78, 5) is 24.7. The van der Waals surface area contributed by atoms with Crippen molar-refractivity contribution in [3.63, 3.8) is 0 Å². The molecule has 0 aromatic rings. The molecule has 0 unspecified atom stereocenters. The molecule has 0 radical (unpaired) electrons. The van der Waals surface area contributed by atoms with Crippen molar-refractivity contribution in [2.24, 2.45) is 22.7 Å². The van der Waals surface area contributed by atoms with E-state index in [0.29, 0.717) is 0 Å². The van der Waals surface area contributed by atoms with E-state index in [1.807, 2.05) is 0 Å². The van der Waals surface area contributed by atoms with Gasteiger partial charge in [0.25, 0.3) is 0 Å². The maximum Gasteiger partial charge on any atom is 0.336 e. The van der Waals surface area contributed by atoms with Gasteiger partial charge in [-0.05, 0) is 19.3 Å². The fraction of sp³-hybridized carbons (Fsp3) is 0.875. The minimum atomic E-state index is -2.01. The largest absolute Gasteiger partial charge is 0.464 e. The highest BCUT2D eigenvalue weighted by Crippen LogP contribution is 2.73. The molecule has 2 aliphatic carbocycles. The third-order valence-electron chi connectivity index (χ3n) is 7.61. The van der Waals surface area contributed by atoms with Gasteiger partial charge in [0.15, 0.2) is 11.5 Å². The van der Waals surface area contributed by atoms with Gasteiger partial charge in [-0.1, -0.05) is 13.8 Å². The predicted octanol–water partition coefficient (Wildman–Crippen LogP) is -1.67. The number of ether oxygens (including phenoxy) is 2. The molecule has 134 valence electrons. The molecule has 4 fully saturated rings. The smallest absolute Gasteiger partial charge is 0.336 e. The summed E-state index contributed by atoms with van der Waals surface area (Å²) in [5, 5.41) is 44.2. The van der Waals surface area contributed by atoms with Gasteiger partial charge in [-0.3, -0.25) is 4.79 Å². The highest BCUT2D eigenvalue weighted by molar-refractivity contribution is 5.88. The zero-order chi connectivity index (χ0) is 17.9. The predicted molar refractivity (Wildman–Crippen MR) is 76.2 cm³/mol. The van der Waals surface area contributed by atoms with Crippen molar-refractivity contribution in [1.29, 1.82) is 0 Å². The summed E-state index contributed by atoms with van der Waals surface area (Å²) in [6.45, 7) is 4.27. The van der Waals surface area contributed by atoms with E-state index in [-0.39, 0.29) is 13.0 Å². The molecule has 9 atom stereocenters. The second-order valence-electron chi connectivity index (χ2n) is 8.04. The molecule has 2 saturated carbocycles. The van der Waals surface area contributed by atoms with E-state index in [4.69, 9.17) is 9.47 Å². The van der Waals surface area contributed by atoms with Gasteiger partial charge >= 0.3 is 11.9 Å². The van der Waals surface area contributed by atoms with E-state index >= 15 is 0 Å². The number of cyclic esters (lactones) is 1. The van der Waals surface area contributed by atoms with Crippen LogP contribution in [0.2, 0.25) is 0 Å². The first-order valence-electron chi connectivity index (χ1n) is 8.18. The Balaban J connectivity index is 2.06. The minimum Gasteiger partial charge on any atom is -0.464 e. The van der Waals surface area contributed by atoms with Crippen molar-refractivity contribution in [3.05, 3.63) is 0 Å². The zero-order valence-electron chi connectivity index (χ0n) is 13.7. The standard InChI is InChI=1S/C16H22O8/c1-6-9(17)7(2)16(22)14(6)4-8(24-11(19)10(14)18)13(3,21)15(16)5-23-12(15)20/h6-10,17-18,21-22H,4-5H2,1-3H3/t6-,7-,8-,9-,10+,13+,14-,15+,16-/m1/s1. The van der Waals surface area contributed by atoms with Crippen molar-refractivity contribution in [2.75, 3.05) is 6.61 Å². The number of carbonyl (C=O) groups is 2. The van der Waals surface area contributed by atoms with Crippen LogP contribution in [0, 0.1) is 22.7 Å². The van der Waals surface area contributed by atoms with Crippen LogP contribution in [0.25, 0.3) is 0 Å². The monoisotopic (exact) mass is 342 g/mol. The van der Waals surface area contributed by atoms with Gasteiger partial charge in [0, 0.05) is 11.3 Å². The molecule has 2 bridgehead atoms. The third kappa shape index (κ3) is 1.19. The lowest BCUT2D eigenvalue weighted by Crippen LogP contribution is -2.87. The van der Waals surface area contributed by atoms with Crippen LogP contribution in [0.4, 0.5) is 0 Å². The fourth-order valence-electron chi connectivity index (χ4n) is 6.08. The Labute approximate surface area is 138 Å². The van der Waals surface area contributed by atoms with Gasteiger partial charge < -0.3 is 29.9 Å². The fourth-order valence-corrected chi connectivity index (χ4v) is 6.08. The van der Waals surface area contributed by atoms with Crippen molar-refractivity contribution in [1.82, 2.24) is 0 Å². The molecule has 2 aliphatic heterocycles. The van der Waals surface area contributed by atoms with Crippen LogP contribution in [-0.2, 0) is 19.1 Å². The van der Waals surface area contributed by atoms with E-state index in [1.54, 1.807) is 13.8 Å². The molecule has 0 amide bonds. The molecular formula is C16H22O8. The van der Waals surface area contributed by atoms with Crippen molar-refractivity contribution in [2.45, 2.75) is 56.7 Å². The Bertz CT molecular complexity index is 646. The molecule has 8 nitrogen and oxygen atoms in total. The van der Waals surface area contributed by atoms with Crippen LogP contribution >= 0.6 is 0 Å². The van der Waals surface area contributed by atoms with Crippen molar-refractivity contribution >= 4 is 11.9 Å². The summed E-state index contributed by atoms with van der Waals surface area (Å²) in [7, 11) is 0. The Morgan fingerprint density at radius 1 is 1.12 bits per heavy atom. The van der Waals surface area contributed by atoms with Gasteiger partial charge in [0.2, 0.25) is 0 Å². The normalized spacial score (nSPS) is 61.9. The van der Waals surface area contributed by atoms with Crippen molar-refractivity contribution in [3.8, 4) is 0 Å². The molecule has 2 saturated heterocycles. The lowest BCUT2D eigenvalue weighted by molar-refractivity contribution is -0.367. The average molecular weight is 342 g/mol. The molecule has 4 N–H and O–H groups in total. The summed E-state index contributed by atoms with van der Waals surface area (Å²) in [5.41, 5.74) is -7.15. The number of fused-ring (bicyclic) bond motifs is 2. The Hall–Kier alpha value is -1.22. The van der Waals surface area contributed by atoms with Crippen molar-refractivity contribution < 1.29 is 39.5 Å². The number of hydrogen-bond acceptors (Lipinski definition) is 8. The van der Waals surface area contributed by atoms with Gasteiger partial charge in [-0.15, -0.1) is 0 Å². The lowest BCUT2D eigenvalue weighted by Gasteiger charge is -2.69. The molecule has 2 heterocycles. The quantitative estimate of drug-likeness (QED) is 0.384. The first-order valence-corrected chi connectivity index (χ1v) is 8.18. The topological polar surface area (TPSA) is 134 Å². The summed E-state index contributed by atoms with van der Waals surface area (Å²) in [6, 6.07) is 0. The summed E-state index contributed by atoms with van der Waals surface area (Å²) in [5.74, 6) is -3.29. The van der Waals surface area contributed by atoms with E-state index < -0.39 is 64.1 Å². The van der Waals surface area contributed by atoms with Gasteiger partial charge in [-0.2, -0.15) is 0 Å². The SMILES string of the molecule is C[C@@H]1[C@@H](O)[C@@H](C)[C@@]2(O)[C@]13C[C@@H](OC(=O)[C@@H]3O)[C@](C)(O)[C@@]21COC1=O. The number of rotatable bonds is 0. The zero-order valence-corrected chi connectivity index (χ0v) is 13.7. The second-order valence-corrected chi connectivity index (χ2v) is 8.04. The molecule has 4 rings (SSSR count). The Morgan fingerprint density at radius 2 is 1.75 bits per heavy atom. The average Bonchev–Trinajstić information content (AvgIpc) is 2.64. The highest BCUT2D eigenvalue weighted by atomic mass is 16.6. The number of esters is 2. The summed E-state index contributed by atoms with van der Waals surface area (Å²) >= 11 is 0. The molecule has 8 heteroatoms. The molecule has 0 aromatic heterocycles. The van der Waals surface area contributed by atoms with Gasteiger partial charge in [-0.25, -0.2) is 4.79 Å². The van der Waals surface area contributed by atoms with Crippen LogP contribution < -0.4 is 0 Å². The number of aliphatic hydroxyl groups excluding tert-OH is 2. The lowest BCUT2D eigenvalue weighted by atomic mass is 9.41. The maximum atomic E-state index is 12.5. The highest BCUT2D eigenvalue weighted by Gasteiger charge is 2.89. The van der Waals surface area contributed by atoms with Crippen LogP contribution in [0.1, 0.15) is 27.2 Å². The molecular weight excluding hydrogens is 320 g/mol. The van der Waals surface area contributed by atoms with E-state index in [0.717, 1.165) is 0 Å². The first-order chi connectivity index (χ1) is 11.0. The Morgan fingerprint density at radius 3 is 2.25 bits per heavy atom. The molecule has 2 spiro atoms. The maximum absolute atomic E-state index is 12.5. The molecule has 0 aromatic carbocycles. The number of aliphatic hydroxyl groups is 4. The van der Waals surface area contributed by atoms with Gasteiger partial charge in [0.1, 0.15) is 23.9 Å². The number of hydrogen-bond donors (Lipinski definition) is 4. The van der Waals surface area contributed by atoms with E-state index in [2.05, 4.69) is 0 Å². The minimum absolute atomic E-state index is 0.0407. The van der Waals surface area contributed by atoms with E-state index in [9.17, 15) is 30.0 Å². The molecule has 24 heavy (non-hydrogen) atoms. The van der Waals surface area contributed by atoms with Crippen LogP contribution in [0.5, 0.6) is 0 Å². The van der Waals surface area contributed by atoms with Crippen LogP contribution in [-0.4, -0.2) is 68.5 Å². The second kappa shape index (κ2) is 4.12. The Kier molecular flexibility index (Phi) is 2.79.